The smallest absolute Gasteiger partial charge is 0.224 e. The second-order valence-electron chi connectivity index (χ2n) is 4.62. The molecule has 1 aromatic carbocycles. The highest BCUT2D eigenvalue weighted by Gasteiger charge is 2.18. The van der Waals surface area contributed by atoms with Crippen LogP contribution in [0.25, 0.3) is 0 Å². The number of carbonyl (C=O) groups excluding carboxylic acids is 1. The summed E-state index contributed by atoms with van der Waals surface area (Å²) in [4.78, 5) is 14.2. The zero-order chi connectivity index (χ0) is 13.4. The molecule has 0 saturated heterocycles. The summed E-state index contributed by atoms with van der Waals surface area (Å²) >= 11 is 0. The van der Waals surface area contributed by atoms with Crippen molar-refractivity contribution in [2.24, 2.45) is 0 Å². The molecule has 0 radical (unpaired) electrons. The van der Waals surface area contributed by atoms with E-state index >= 15 is 0 Å². The van der Waals surface area contributed by atoms with Crippen LogP contribution in [0.3, 0.4) is 0 Å². The van der Waals surface area contributed by atoms with Gasteiger partial charge in [-0.3, -0.25) is 4.79 Å². The van der Waals surface area contributed by atoms with Crippen LogP contribution in [0.15, 0.2) is 30.3 Å². The van der Waals surface area contributed by atoms with E-state index in [-0.39, 0.29) is 11.9 Å². The van der Waals surface area contributed by atoms with Crippen molar-refractivity contribution in [1.82, 2.24) is 10.2 Å². The maximum Gasteiger partial charge on any atom is 0.224 e. The van der Waals surface area contributed by atoms with E-state index in [1.165, 1.54) is 5.56 Å². The van der Waals surface area contributed by atoms with Gasteiger partial charge in [-0.1, -0.05) is 37.3 Å². The number of hydrogen-bond acceptors (Lipinski definition) is 2. The van der Waals surface area contributed by atoms with E-state index in [2.05, 4.69) is 31.3 Å². The fraction of sp³-hybridized carbons (Fsp3) is 0.533. The number of rotatable bonds is 7. The van der Waals surface area contributed by atoms with Crippen molar-refractivity contribution in [2.75, 3.05) is 13.6 Å². The van der Waals surface area contributed by atoms with Gasteiger partial charge < -0.3 is 10.2 Å². The first-order valence-electron chi connectivity index (χ1n) is 6.67. The molecule has 0 aliphatic heterocycles. The minimum Gasteiger partial charge on any atom is -0.336 e. The van der Waals surface area contributed by atoms with Crippen LogP contribution in [0.4, 0.5) is 0 Å². The third-order valence-corrected chi connectivity index (χ3v) is 3.23. The molecule has 1 N–H and O–H groups in total. The van der Waals surface area contributed by atoms with Gasteiger partial charge in [-0.2, -0.15) is 0 Å². The van der Waals surface area contributed by atoms with Crippen molar-refractivity contribution < 1.29 is 4.79 Å². The Labute approximate surface area is 110 Å². The molecule has 3 heteroatoms. The van der Waals surface area contributed by atoms with Gasteiger partial charge in [0, 0.05) is 25.6 Å². The first kappa shape index (κ1) is 14.7. The summed E-state index contributed by atoms with van der Waals surface area (Å²) in [5.74, 6) is 0.225. The molecule has 1 atom stereocenters. The highest BCUT2D eigenvalue weighted by molar-refractivity contribution is 5.76. The third-order valence-electron chi connectivity index (χ3n) is 3.23. The summed E-state index contributed by atoms with van der Waals surface area (Å²) in [6.45, 7) is 5.67. The predicted octanol–water partition coefficient (Wildman–Crippen LogP) is 2.42. The lowest BCUT2D eigenvalue weighted by Crippen LogP contribution is -2.38. The molecule has 0 heterocycles. The lowest BCUT2D eigenvalue weighted by Gasteiger charge is -2.29. The molecule has 0 aliphatic rings. The van der Waals surface area contributed by atoms with Crippen molar-refractivity contribution >= 4 is 5.91 Å². The van der Waals surface area contributed by atoms with Gasteiger partial charge in [-0.25, -0.2) is 0 Å². The van der Waals surface area contributed by atoms with Crippen LogP contribution in [-0.2, 0) is 11.3 Å². The molecule has 100 valence electrons. The predicted molar refractivity (Wildman–Crippen MR) is 75.3 cm³/mol. The van der Waals surface area contributed by atoms with Crippen LogP contribution in [-0.4, -0.2) is 30.4 Å². The van der Waals surface area contributed by atoms with Gasteiger partial charge in [-0.15, -0.1) is 0 Å². The Morgan fingerprint density at radius 1 is 1.33 bits per heavy atom. The Morgan fingerprint density at radius 2 is 2.00 bits per heavy atom. The molecule has 1 aromatic rings. The molecule has 3 nitrogen and oxygen atoms in total. The number of nitrogens with zero attached hydrogens (tertiary/aromatic N) is 1. The average Bonchev–Trinajstić information content (AvgIpc) is 2.42. The first-order valence-corrected chi connectivity index (χ1v) is 6.67. The monoisotopic (exact) mass is 248 g/mol. The van der Waals surface area contributed by atoms with Gasteiger partial charge in [0.05, 0.1) is 0 Å². The summed E-state index contributed by atoms with van der Waals surface area (Å²) in [5, 5.41) is 3.03. The van der Waals surface area contributed by atoms with Gasteiger partial charge in [0.25, 0.3) is 0 Å². The standard InChI is InChI=1S/C15H24N2O/c1-4-13(2)17(15(18)10-11-16-3)12-14-8-6-5-7-9-14/h5-9,13,16H,4,10-12H2,1-3H3. The Balaban J connectivity index is 2.69. The molecular weight excluding hydrogens is 224 g/mol. The van der Waals surface area contributed by atoms with Crippen molar-refractivity contribution in [3.05, 3.63) is 35.9 Å². The van der Waals surface area contributed by atoms with Crippen LogP contribution < -0.4 is 5.32 Å². The molecule has 0 spiro atoms. The molecule has 1 rings (SSSR count). The summed E-state index contributed by atoms with van der Waals surface area (Å²) in [5.41, 5.74) is 1.19. The molecule has 18 heavy (non-hydrogen) atoms. The SMILES string of the molecule is CCC(C)N(Cc1ccccc1)C(=O)CCNC. The Hall–Kier alpha value is -1.35. The average molecular weight is 248 g/mol. The van der Waals surface area contributed by atoms with Gasteiger partial charge >= 0.3 is 0 Å². The number of nitrogens with one attached hydrogen (secondary N) is 1. The minimum atomic E-state index is 0.225. The van der Waals surface area contributed by atoms with Gasteiger partial charge in [0.15, 0.2) is 0 Å². The number of benzene rings is 1. The van der Waals surface area contributed by atoms with E-state index in [1.807, 2.05) is 30.1 Å². The fourth-order valence-corrected chi connectivity index (χ4v) is 1.87. The molecule has 0 aromatic heterocycles. The van der Waals surface area contributed by atoms with Gasteiger partial charge in [0.2, 0.25) is 5.91 Å². The maximum atomic E-state index is 12.2. The van der Waals surface area contributed by atoms with E-state index in [9.17, 15) is 4.79 Å². The zero-order valence-electron chi connectivity index (χ0n) is 11.6. The van der Waals surface area contributed by atoms with Crippen molar-refractivity contribution in [1.29, 1.82) is 0 Å². The summed E-state index contributed by atoms with van der Waals surface area (Å²) < 4.78 is 0. The van der Waals surface area contributed by atoms with Gasteiger partial charge in [-0.05, 0) is 26.0 Å². The number of amides is 1. The topological polar surface area (TPSA) is 32.3 Å². The Morgan fingerprint density at radius 3 is 2.56 bits per heavy atom. The molecule has 1 unspecified atom stereocenters. The van der Waals surface area contributed by atoms with Crippen molar-refractivity contribution in [3.8, 4) is 0 Å². The fourth-order valence-electron chi connectivity index (χ4n) is 1.87. The quantitative estimate of drug-likeness (QED) is 0.803. The van der Waals surface area contributed by atoms with Gasteiger partial charge in [0.1, 0.15) is 0 Å². The molecule has 0 saturated carbocycles. The van der Waals surface area contributed by atoms with Crippen LogP contribution in [0.5, 0.6) is 0 Å². The van der Waals surface area contributed by atoms with E-state index in [4.69, 9.17) is 0 Å². The van der Waals surface area contributed by atoms with E-state index in [0.29, 0.717) is 13.0 Å². The number of hydrogen-bond donors (Lipinski definition) is 1. The lowest BCUT2D eigenvalue weighted by atomic mass is 10.1. The summed E-state index contributed by atoms with van der Waals surface area (Å²) in [6, 6.07) is 10.5. The third kappa shape index (κ3) is 4.49. The second kappa shape index (κ2) is 7.88. The Bertz CT molecular complexity index is 351. The molecule has 0 bridgehead atoms. The Kier molecular flexibility index (Phi) is 6.44. The van der Waals surface area contributed by atoms with Crippen molar-refractivity contribution in [3.63, 3.8) is 0 Å². The van der Waals surface area contributed by atoms with Crippen LogP contribution in [0.1, 0.15) is 32.3 Å². The lowest BCUT2D eigenvalue weighted by molar-refractivity contribution is -0.133. The molecule has 1 amide bonds. The molecule has 0 aliphatic carbocycles. The minimum absolute atomic E-state index is 0.225. The van der Waals surface area contributed by atoms with E-state index < -0.39 is 0 Å². The highest BCUT2D eigenvalue weighted by atomic mass is 16.2. The number of carbonyl (C=O) groups is 1. The highest BCUT2D eigenvalue weighted by Crippen LogP contribution is 2.12. The normalized spacial score (nSPS) is 12.2. The van der Waals surface area contributed by atoms with E-state index in [1.54, 1.807) is 0 Å². The largest absolute Gasteiger partial charge is 0.336 e. The second-order valence-corrected chi connectivity index (χ2v) is 4.62. The van der Waals surface area contributed by atoms with Crippen LogP contribution in [0.2, 0.25) is 0 Å². The van der Waals surface area contributed by atoms with Crippen molar-refractivity contribution in [2.45, 2.75) is 39.3 Å². The first-order chi connectivity index (χ1) is 8.69. The van der Waals surface area contributed by atoms with Crippen LogP contribution in [0, 0.1) is 0 Å². The summed E-state index contributed by atoms with van der Waals surface area (Å²) in [7, 11) is 1.87. The molecule has 0 fully saturated rings. The van der Waals surface area contributed by atoms with Crippen LogP contribution >= 0.6 is 0 Å². The maximum absolute atomic E-state index is 12.2. The van der Waals surface area contributed by atoms with E-state index in [0.717, 1.165) is 13.0 Å². The molecular formula is C15H24N2O. The zero-order valence-corrected chi connectivity index (χ0v) is 11.6. The summed E-state index contributed by atoms with van der Waals surface area (Å²) in [6.07, 6.45) is 1.55.